The molecule has 6 N–H and O–H groups in total. The number of ether oxygens (including phenoxy) is 1. The number of carbonyl (C=O) groups excluding carboxylic acids is 2. The van der Waals surface area contributed by atoms with Crippen LogP contribution in [0.5, 0.6) is 5.75 Å². The summed E-state index contributed by atoms with van der Waals surface area (Å²) in [5.74, 6) is -0.121. The number of hydrogen-bond acceptors (Lipinski definition) is 4. The number of anilines is 1. The van der Waals surface area contributed by atoms with Crippen molar-refractivity contribution < 1.29 is 14.3 Å². The molecule has 0 fully saturated rings. The van der Waals surface area contributed by atoms with E-state index in [4.69, 9.17) is 21.6 Å². The van der Waals surface area contributed by atoms with Crippen molar-refractivity contribution in [2.24, 2.45) is 11.5 Å². The number of nitrogen functional groups attached to an aromatic ring is 1. The number of esters is 1. The van der Waals surface area contributed by atoms with E-state index in [0.29, 0.717) is 22.6 Å². The summed E-state index contributed by atoms with van der Waals surface area (Å²) in [5.41, 5.74) is 12.0. The third-order valence-corrected chi connectivity index (χ3v) is 3.72. The van der Waals surface area contributed by atoms with Crippen molar-refractivity contribution in [3.8, 4) is 5.75 Å². The van der Waals surface area contributed by atoms with Gasteiger partial charge in [-0.2, -0.15) is 0 Å². The smallest absolute Gasteiger partial charge is 0.343 e. The molecule has 0 bridgehead atoms. The molecule has 0 spiro atoms. The largest absolute Gasteiger partial charge is 0.423 e. The minimum atomic E-state index is -0.676. The first-order valence-corrected chi connectivity index (χ1v) is 7.69. The summed E-state index contributed by atoms with van der Waals surface area (Å²) in [5, 5.41) is 11.6. The number of rotatable bonds is 4. The zero-order valence-electron chi connectivity index (χ0n) is 13.7. The Kier molecular flexibility index (Phi) is 4.53. The van der Waals surface area contributed by atoms with Crippen molar-refractivity contribution in [3.63, 3.8) is 0 Å². The van der Waals surface area contributed by atoms with Gasteiger partial charge in [-0.1, -0.05) is 18.2 Å². The number of amidine groups is 1. The van der Waals surface area contributed by atoms with Gasteiger partial charge in [0.1, 0.15) is 11.6 Å². The topological polar surface area (TPSA) is 131 Å². The fourth-order valence-electron chi connectivity index (χ4n) is 2.45. The van der Waals surface area contributed by atoms with E-state index in [1.807, 2.05) is 6.07 Å². The standard InChI is InChI=1S/C19H16N4O3/c20-17(21)14-2-1-13-10-16(8-5-12(13)9-14)26-18(24)11-3-6-15(7-4-11)23-19(22)25/h1-10H,(H3,20,21)(H3,22,23,25). The van der Waals surface area contributed by atoms with Crippen LogP contribution in [0.25, 0.3) is 10.8 Å². The molecule has 0 aliphatic carbocycles. The molecule has 0 atom stereocenters. The lowest BCUT2D eigenvalue weighted by Crippen LogP contribution is -2.19. The molecule has 130 valence electrons. The summed E-state index contributed by atoms with van der Waals surface area (Å²) in [6.45, 7) is 0. The highest BCUT2D eigenvalue weighted by Crippen LogP contribution is 2.23. The van der Waals surface area contributed by atoms with Gasteiger partial charge in [-0.3, -0.25) is 5.41 Å². The third-order valence-electron chi connectivity index (χ3n) is 3.72. The number of amides is 2. The van der Waals surface area contributed by atoms with Gasteiger partial charge in [0.05, 0.1) is 5.56 Å². The Hall–Kier alpha value is -3.87. The minimum absolute atomic E-state index is 0.00308. The zero-order chi connectivity index (χ0) is 18.7. The first-order valence-electron chi connectivity index (χ1n) is 7.69. The van der Waals surface area contributed by atoms with E-state index >= 15 is 0 Å². The highest BCUT2D eigenvalue weighted by Gasteiger charge is 2.10. The lowest BCUT2D eigenvalue weighted by molar-refractivity contribution is 0.0735. The quantitative estimate of drug-likeness (QED) is 0.250. The van der Waals surface area contributed by atoms with E-state index in [2.05, 4.69) is 5.32 Å². The maximum Gasteiger partial charge on any atom is 0.343 e. The lowest BCUT2D eigenvalue weighted by Gasteiger charge is -2.08. The first kappa shape index (κ1) is 17.0. The molecule has 0 aliphatic heterocycles. The maximum atomic E-state index is 12.2. The summed E-state index contributed by atoms with van der Waals surface area (Å²) >= 11 is 0. The molecule has 0 aliphatic rings. The molecule has 3 rings (SSSR count). The molecule has 0 aromatic heterocycles. The van der Waals surface area contributed by atoms with E-state index in [9.17, 15) is 9.59 Å². The monoisotopic (exact) mass is 348 g/mol. The van der Waals surface area contributed by atoms with Crippen molar-refractivity contribution in [1.82, 2.24) is 0 Å². The van der Waals surface area contributed by atoms with Crippen LogP contribution in [0.2, 0.25) is 0 Å². The molecule has 0 saturated carbocycles. The molecule has 0 saturated heterocycles. The summed E-state index contributed by atoms with van der Waals surface area (Å²) in [6, 6.07) is 16.1. The molecule has 0 radical (unpaired) electrons. The van der Waals surface area contributed by atoms with Gasteiger partial charge in [0.25, 0.3) is 0 Å². The zero-order valence-corrected chi connectivity index (χ0v) is 13.7. The van der Waals surface area contributed by atoms with E-state index < -0.39 is 12.0 Å². The average Bonchev–Trinajstić information content (AvgIpc) is 2.61. The molecule has 2 amide bonds. The lowest BCUT2D eigenvalue weighted by atomic mass is 10.1. The van der Waals surface area contributed by atoms with Gasteiger partial charge in [0.15, 0.2) is 0 Å². The summed E-state index contributed by atoms with van der Waals surface area (Å²) in [6.07, 6.45) is 0. The number of nitrogens with one attached hydrogen (secondary N) is 2. The van der Waals surface area contributed by atoms with Crippen LogP contribution in [0, 0.1) is 5.41 Å². The van der Waals surface area contributed by atoms with E-state index in [0.717, 1.165) is 10.8 Å². The number of benzene rings is 3. The van der Waals surface area contributed by atoms with Crippen LogP contribution in [0.3, 0.4) is 0 Å². The van der Waals surface area contributed by atoms with Crippen LogP contribution >= 0.6 is 0 Å². The predicted molar refractivity (Wildman–Crippen MR) is 99.6 cm³/mol. The highest BCUT2D eigenvalue weighted by atomic mass is 16.5. The second-order valence-electron chi connectivity index (χ2n) is 5.59. The van der Waals surface area contributed by atoms with Gasteiger partial charge in [0.2, 0.25) is 0 Å². The first-order chi connectivity index (χ1) is 12.4. The van der Waals surface area contributed by atoms with Crippen LogP contribution < -0.4 is 21.5 Å². The number of hydrogen-bond donors (Lipinski definition) is 4. The van der Waals surface area contributed by atoms with Crippen molar-refractivity contribution in [3.05, 3.63) is 71.8 Å². The van der Waals surface area contributed by atoms with Crippen LogP contribution in [0.1, 0.15) is 15.9 Å². The minimum Gasteiger partial charge on any atom is -0.423 e. The second kappa shape index (κ2) is 6.94. The van der Waals surface area contributed by atoms with Gasteiger partial charge in [-0.25, -0.2) is 9.59 Å². The normalized spacial score (nSPS) is 10.3. The molecule has 0 heterocycles. The van der Waals surface area contributed by atoms with E-state index in [1.165, 1.54) is 12.1 Å². The molecular formula is C19H16N4O3. The molecule has 26 heavy (non-hydrogen) atoms. The number of urea groups is 1. The van der Waals surface area contributed by atoms with Crippen LogP contribution in [-0.4, -0.2) is 17.8 Å². The van der Waals surface area contributed by atoms with Crippen molar-refractivity contribution in [1.29, 1.82) is 5.41 Å². The molecule has 7 heteroatoms. The second-order valence-corrected chi connectivity index (χ2v) is 5.59. The van der Waals surface area contributed by atoms with Gasteiger partial charge >= 0.3 is 12.0 Å². The number of fused-ring (bicyclic) bond motifs is 1. The Morgan fingerprint density at radius 3 is 2.12 bits per heavy atom. The number of nitrogens with two attached hydrogens (primary N) is 2. The van der Waals surface area contributed by atoms with Gasteiger partial charge in [-0.05, 0) is 53.2 Å². The molecule has 7 nitrogen and oxygen atoms in total. The fourth-order valence-corrected chi connectivity index (χ4v) is 2.45. The fraction of sp³-hybridized carbons (Fsp3) is 0. The maximum absolute atomic E-state index is 12.2. The predicted octanol–water partition coefficient (Wildman–Crippen LogP) is 2.83. The Morgan fingerprint density at radius 2 is 1.46 bits per heavy atom. The van der Waals surface area contributed by atoms with E-state index in [1.54, 1.807) is 42.5 Å². The van der Waals surface area contributed by atoms with Crippen LogP contribution in [0.15, 0.2) is 60.7 Å². The summed E-state index contributed by atoms with van der Waals surface area (Å²) in [7, 11) is 0. The van der Waals surface area contributed by atoms with Gasteiger partial charge in [-0.15, -0.1) is 0 Å². The average molecular weight is 348 g/mol. The Labute approximate surface area is 149 Å². The van der Waals surface area contributed by atoms with Gasteiger partial charge in [0, 0.05) is 11.3 Å². The molecule has 3 aromatic rings. The van der Waals surface area contributed by atoms with E-state index in [-0.39, 0.29) is 5.84 Å². The van der Waals surface area contributed by atoms with Crippen molar-refractivity contribution in [2.45, 2.75) is 0 Å². The molecular weight excluding hydrogens is 332 g/mol. The summed E-state index contributed by atoms with van der Waals surface area (Å²) < 4.78 is 5.39. The Bertz CT molecular complexity index is 1010. The SMILES string of the molecule is N=C(N)c1ccc2cc(OC(=O)c3ccc(NC(N)=O)cc3)ccc2c1. The van der Waals surface area contributed by atoms with Crippen molar-refractivity contribution in [2.75, 3.05) is 5.32 Å². The molecule has 0 unspecified atom stereocenters. The number of carbonyl (C=O) groups is 2. The van der Waals surface area contributed by atoms with Gasteiger partial charge < -0.3 is 21.5 Å². The van der Waals surface area contributed by atoms with Crippen molar-refractivity contribution >= 4 is 34.3 Å². The summed E-state index contributed by atoms with van der Waals surface area (Å²) in [4.78, 5) is 23.0. The Balaban J connectivity index is 1.77. The van der Waals surface area contributed by atoms with Crippen LogP contribution in [-0.2, 0) is 0 Å². The van der Waals surface area contributed by atoms with Crippen LogP contribution in [0.4, 0.5) is 10.5 Å². The molecule has 3 aromatic carbocycles. The third kappa shape index (κ3) is 3.78. The highest BCUT2D eigenvalue weighted by molar-refractivity contribution is 5.99. The Morgan fingerprint density at radius 1 is 0.846 bits per heavy atom. The number of primary amides is 1.